The van der Waals surface area contributed by atoms with Gasteiger partial charge in [0.25, 0.3) is 5.91 Å². The predicted molar refractivity (Wildman–Crippen MR) is 222 cm³/mol. The largest absolute Gasteiger partial charge is 0.461 e. The van der Waals surface area contributed by atoms with Gasteiger partial charge in [-0.3, -0.25) is 24.1 Å². The van der Waals surface area contributed by atoms with Crippen molar-refractivity contribution < 1.29 is 38.2 Å². The van der Waals surface area contributed by atoms with E-state index >= 15 is 0 Å². The van der Waals surface area contributed by atoms with Crippen molar-refractivity contribution in [2.75, 3.05) is 27.3 Å². The summed E-state index contributed by atoms with van der Waals surface area (Å²) in [5, 5.41) is 8.36. The molecule has 1 aromatic carbocycles. The van der Waals surface area contributed by atoms with Crippen LogP contribution in [0.5, 0.6) is 0 Å². The number of benzene rings is 1. The Hall–Kier alpha value is -4.30. The lowest BCUT2D eigenvalue weighted by atomic mass is 9.95. The van der Waals surface area contributed by atoms with Gasteiger partial charge < -0.3 is 29.7 Å². The zero-order valence-corrected chi connectivity index (χ0v) is 36.2. The number of carbonyl (C=O) groups is 5. The third-order valence-electron chi connectivity index (χ3n) is 10.1. The molecule has 6 atom stereocenters. The number of amides is 4. The molecule has 1 saturated heterocycles. The van der Waals surface area contributed by atoms with Crippen LogP contribution in [0.1, 0.15) is 121 Å². The van der Waals surface area contributed by atoms with Gasteiger partial charge in [-0.2, -0.15) is 0 Å². The van der Waals surface area contributed by atoms with Crippen LogP contribution in [-0.2, 0) is 35.0 Å². The molecule has 0 radical (unpaired) electrons. The summed E-state index contributed by atoms with van der Waals surface area (Å²) in [6.45, 7) is 17.3. The lowest BCUT2D eigenvalue weighted by molar-refractivity contribution is -0.147. The topological polar surface area (TPSA) is 156 Å². The van der Waals surface area contributed by atoms with Gasteiger partial charge >= 0.3 is 12.1 Å². The van der Waals surface area contributed by atoms with Crippen molar-refractivity contribution in [3.05, 3.63) is 64.6 Å². The van der Waals surface area contributed by atoms with Gasteiger partial charge in [-0.15, -0.1) is 11.3 Å². The molecular weight excluding hydrogens is 747 g/mol. The second kappa shape index (κ2) is 22.6. The third kappa shape index (κ3) is 14.5. The van der Waals surface area contributed by atoms with Crippen molar-refractivity contribution in [2.24, 2.45) is 11.8 Å². The number of aromatic nitrogens is 1. The molecule has 0 bridgehead atoms. The van der Waals surface area contributed by atoms with Gasteiger partial charge in [0, 0.05) is 44.6 Å². The SMILES string of the molecule is C=CCOC(=O)[C@@H](C)C[C@H](Cc1ccccc1)NC(=O)c1csc([C@@H](C[C@H](C(C)C)N(C)C(=O)[C@H](CCC)NC(=O)[C@H]2CCCCN2C(=O)OC(C)(C)C)OC)n1. The number of methoxy groups -OCH3 is 1. The lowest BCUT2D eigenvalue weighted by Crippen LogP contribution is -2.58. The number of nitrogens with one attached hydrogen (secondary N) is 2. The third-order valence-corrected chi connectivity index (χ3v) is 11.0. The molecule has 3 rings (SSSR count). The van der Waals surface area contributed by atoms with Crippen LogP contribution in [0, 0.1) is 11.8 Å². The van der Waals surface area contributed by atoms with Crippen LogP contribution >= 0.6 is 11.3 Å². The van der Waals surface area contributed by atoms with E-state index < -0.39 is 35.8 Å². The quantitative estimate of drug-likeness (QED) is 0.108. The molecule has 0 unspecified atom stereocenters. The van der Waals surface area contributed by atoms with Crippen molar-refractivity contribution >= 4 is 41.1 Å². The Kier molecular flexibility index (Phi) is 18.7. The van der Waals surface area contributed by atoms with Gasteiger partial charge in [-0.1, -0.05) is 77.1 Å². The number of nitrogens with zero attached hydrogens (tertiary/aromatic N) is 3. The van der Waals surface area contributed by atoms with Crippen LogP contribution in [-0.4, -0.2) is 102 Å². The number of rotatable bonds is 20. The van der Waals surface area contributed by atoms with Crippen molar-refractivity contribution in [3.8, 4) is 0 Å². The monoisotopic (exact) mass is 811 g/mol. The molecule has 316 valence electrons. The first-order valence-electron chi connectivity index (χ1n) is 20.2. The number of carbonyl (C=O) groups excluding carboxylic acids is 5. The summed E-state index contributed by atoms with van der Waals surface area (Å²) in [6, 6.07) is 7.57. The first-order chi connectivity index (χ1) is 27.0. The van der Waals surface area contributed by atoms with Crippen LogP contribution in [0.25, 0.3) is 0 Å². The number of hydrogen-bond donors (Lipinski definition) is 2. The van der Waals surface area contributed by atoms with Crippen LogP contribution in [0.4, 0.5) is 4.79 Å². The number of likely N-dealkylation sites (N-methyl/N-ethyl adjacent to an activating group) is 1. The first-order valence-corrected chi connectivity index (χ1v) is 21.0. The number of thiazole rings is 1. The molecule has 0 aliphatic carbocycles. The lowest BCUT2D eigenvalue weighted by Gasteiger charge is -2.38. The molecule has 1 aromatic heterocycles. The number of piperidine rings is 1. The van der Waals surface area contributed by atoms with E-state index in [1.807, 2.05) is 51.1 Å². The molecular formula is C43H65N5O8S. The fourth-order valence-electron chi connectivity index (χ4n) is 7.06. The smallest absolute Gasteiger partial charge is 0.410 e. The van der Waals surface area contributed by atoms with Gasteiger partial charge in [-0.05, 0) is 70.8 Å². The number of hydrogen-bond acceptors (Lipinski definition) is 10. The highest BCUT2D eigenvalue weighted by molar-refractivity contribution is 7.09. The Morgan fingerprint density at radius 3 is 2.39 bits per heavy atom. The van der Waals surface area contributed by atoms with Crippen molar-refractivity contribution in [1.82, 2.24) is 25.4 Å². The molecule has 1 fully saturated rings. The molecule has 0 spiro atoms. The number of likely N-dealkylation sites (tertiary alicyclic amines) is 1. The summed E-state index contributed by atoms with van der Waals surface area (Å²) >= 11 is 1.30. The summed E-state index contributed by atoms with van der Waals surface area (Å²) in [6.07, 6.45) is 4.88. The summed E-state index contributed by atoms with van der Waals surface area (Å²) in [5.74, 6) is -1.77. The van der Waals surface area contributed by atoms with Crippen molar-refractivity contribution in [2.45, 2.75) is 136 Å². The number of esters is 1. The van der Waals surface area contributed by atoms with Gasteiger partial charge in [-0.25, -0.2) is 9.78 Å². The van der Waals surface area contributed by atoms with Crippen LogP contribution in [0.3, 0.4) is 0 Å². The Labute approximate surface area is 343 Å². The van der Waals surface area contributed by atoms with E-state index in [2.05, 4.69) is 22.2 Å². The normalized spacial score (nSPS) is 17.1. The molecule has 13 nitrogen and oxygen atoms in total. The summed E-state index contributed by atoms with van der Waals surface area (Å²) in [4.78, 5) is 75.0. The molecule has 1 aliphatic rings. The molecule has 14 heteroatoms. The van der Waals surface area contributed by atoms with E-state index in [1.54, 1.807) is 52.1 Å². The Bertz CT molecular complexity index is 1630. The fraction of sp³-hybridized carbons (Fsp3) is 0.628. The van der Waals surface area contributed by atoms with Gasteiger partial charge in [0.05, 0.1) is 5.92 Å². The number of ether oxygens (including phenoxy) is 3. The zero-order chi connectivity index (χ0) is 42.3. The molecule has 1 aliphatic heterocycles. The van der Waals surface area contributed by atoms with E-state index in [-0.39, 0.29) is 54.0 Å². The van der Waals surface area contributed by atoms with Crippen LogP contribution in [0.15, 0.2) is 48.4 Å². The maximum absolute atomic E-state index is 14.2. The Morgan fingerprint density at radius 1 is 1.07 bits per heavy atom. The average Bonchev–Trinajstić information content (AvgIpc) is 3.66. The average molecular weight is 812 g/mol. The van der Waals surface area contributed by atoms with E-state index in [9.17, 15) is 24.0 Å². The maximum atomic E-state index is 14.2. The molecule has 2 aromatic rings. The first kappa shape index (κ1) is 47.1. The van der Waals surface area contributed by atoms with E-state index in [4.69, 9.17) is 14.2 Å². The molecule has 0 saturated carbocycles. The molecule has 57 heavy (non-hydrogen) atoms. The highest BCUT2D eigenvalue weighted by atomic mass is 32.1. The predicted octanol–water partition coefficient (Wildman–Crippen LogP) is 6.87. The highest BCUT2D eigenvalue weighted by Crippen LogP contribution is 2.30. The van der Waals surface area contributed by atoms with Gasteiger partial charge in [0.1, 0.15) is 41.1 Å². The molecule has 2 N–H and O–H groups in total. The maximum Gasteiger partial charge on any atom is 0.410 e. The highest BCUT2D eigenvalue weighted by Gasteiger charge is 2.38. The van der Waals surface area contributed by atoms with E-state index in [0.717, 1.165) is 18.4 Å². The van der Waals surface area contributed by atoms with Crippen LogP contribution < -0.4 is 10.6 Å². The summed E-state index contributed by atoms with van der Waals surface area (Å²) < 4.78 is 16.8. The second-order valence-electron chi connectivity index (χ2n) is 16.2. The minimum Gasteiger partial charge on any atom is -0.461 e. The summed E-state index contributed by atoms with van der Waals surface area (Å²) in [7, 11) is 3.32. The van der Waals surface area contributed by atoms with Crippen molar-refractivity contribution in [1.29, 1.82) is 0 Å². The Morgan fingerprint density at radius 2 is 1.77 bits per heavy atom. The van der Waals surface area contributed by atoms with E-state index in [0.29, 0.717) is 50.1 Å². The second-order valence-corrected chi connectivity index (χ2v) is 17.1. The fourth-order valence-corrected chi connectivity index (χ4v) is 7.95. The Balaban J connectivity index is 1.74. The molecule has 2 heterocycles. The minimum absolute atomic E-state index is 0.0113. The van der Waals surface area contributed by atoms with Crippen LogP contribution in [0.2, 0.25) is 0 Å². The van der Waals surface area contributed by atoms with Crippen molar-refractivity contribution in [3.63, 3.8) is 0 Å². The zero-order valence-electron chi connectivity index (χ0n) is 35.4. The van der Waals surface area contributed by atoms with Gasteiger partial charge in [0.2, 0.25) is 11.8 Å². The summed E-state index contributed by atoms with van der Waals surface area (Å²) in [5.41, 5.74) is 0.548. The minimum atomic E-state index is -0.789. The molecule has 4 amide bonds. The van der Waals surface area contributed by atoms with E-state index in [1.165, 1.54) is 22.3 Å². The standard InChI is InChI=1S/C43H65N5O8S/c1-11-18-32(45-38(50)34-21-16-17-22-48(34)42(53)56-43(6,7)8)40(51)47(9)35(28(3)4)26-36(54-10)39-46-33(27-57-39)37(49)44-31(25-30-19-14-13-15-20-30)24-29(5)41(52)55-23-12-2/h12-15,19-20,27-29,31-32,34-36H,2,11,16-18,21-26H2,1,3-10H3,(H,44,49)(H,45,50)/t29-,31+,32-,34+,35+,36+/m0/s1. The van der Waals surface area contributed by atoms with Gasteiger partial charge in [0.15, 0.2) is 0 Å².